The van der Waals surface area contributed by atoms with Gasteiger partial charge in [-0.15, -0.1) is 0 Å². The maximum atomic E-state index is 10.4. The minimum Gasteiger partial charge on any atom is -0.365 e. The number of anilines is 1. The molecule has 1 N–H and O–H groups in total. The molecule has 0 aliphatic rings. The third kappa shape index (κ3) is 3.19. The van der Waals surface area contributed by atoms with E-state index >= 15 is 0 Å². The maximum absolute atomic E-state index is 10.4. The first-order chi connectivity index (χ1) is 6.94. The van der Waals surface area contributed by atoms with Gasteiger partial charge in [-0.05, 0) is 26.3 Å². The molecule has 0 unspecified atom stereocenters. The Kier molecular flexibility index (Phi) is 3.24. The van der Waals surface area contributed by atoms with Crippen LogP contribution in [-0.2, 0) is 0 Å². The Morgan fingerprint density at radius 3 is 2.60 bits per heavy atom. The number of pyridine rings is 1. The molecule has 1 aromatic rings. The van der Waals surface area contributed by atoms with Gasteiger partial charge in [0, 0.05) is 11.6 Å². The molecule has 0 aliphatic carbocycles. The van der Waals surface area contributed by atoms with Crippen LogP contribution in [0.4, 0.5) is 11.5 Å². The molecule has 0 saturated heterocycles. The highest BCUT2D eigenvalue weighted by Gasteiger charge is 2.15. The summed E-state index contributed by atoms with van der Waals surface area (Å²) in [5.41, 5.74) is -0.0433. The summed E-state index contributed by atoms with van der Waals surface area (Å²) < 4.78 is 0. The minimum atomic E-state index is -0.457. The Balaban J connectivity index is 2.77. The van der Waals surface area contributed by atoms with E-state index in [0.717, 1.165) is 6.42 Å². The second kappa shape index (κ2) is 4.25. The molecule has 0 radical (unpaired) electrons. The number of hydrogen-bond donors (Lipinski definition) is 1. The van der Waals surface area contributed by atoms with Crippen molar-refractivity contribution < 1.29 is 4.92 Å². The zero-order valence-corrected chi connectivity index (χ0v) is 9.15. The molecule has 15 heavy (non-hydrogen) atoms. The first-order valence-electron chi connectivity index (χ1n) is 4.83. The fourth-order valence-electron chi connectivity index (χ4n) is 1.00. The summed E-state index contributed by atoms with van der Waals surface area (Å²) in [6, 6.07) is 3.07. The van der Waals surface area contributed by atoms with Gasteiger partial charge in [-0.2, -0.15) is 0 Å². The summed E-state index contributed by atoms with van der Waals surface area (Å²) in [5, 5.41) is 13.6. The van der Waals surface area contributed by atoms with Gasteiger partial charge in [-0.25, -0.2) is 4.98 Å². The molecule has 0 aromatic carbocycles. The van der Waals surface area contributed by atoms with E-state index in [4.69, 9.17) is 0 Å². The van der Waals surface area contributed by atoms with Gasteiger partial charge in [0.25, 0.3) is 5.69 Å². The van der Waals surface area contributed by atoms with E-state index in [0.29, 0.717) is 5.82 Å². The highest BCUT2D eigenvalue weighted by atomic mass is 16.6. The third-order valence-electron chi connectivity index (χ3n) is 2.31. The van der Waals surface area contributed by atoms with Crippen LogP contribution < -0.4 is 5.32 Å². The predicted molar refractivity (Wildman–Crippen MR) is 58.9 cm³/mol. The second-order valence-electron chi connectivity index (χ2n) is 4.02. The van der Waals surface area contributed by atoms with Crippen molar-refractivity contribution in [3.63, 3.8) is 0 Å². The Hall–Kier alpha value is -1.65. The summed E-state index contributed by atoms with van der Waals surface area (Å²) in [6.07, 6.45) is 2.21. The number of hydrogen-bond acceptors (Lipinski definition) is 4. The van der Waals surface area contributed by atoms with Crippen molar-refractivity contribution in [1.82, 2.24) is 4.98 Å². The molecule has 0 aliphatic heterocycles. The van der Waals surface area contributed by atoms with Crippen molar-refractivity contribution in [2.75, 3.05) is 5.32 Å². The van der Waals surface area contributed by atoms with E-state index in [2.05, 4.69) is 31.1 Å². The summed E-state index contributed by atoms with van der Waals surface area (Å²) >= 11 is 0. The lowest BCUT2D eigenvalue weighted by Crippen LogP contribution is -2.30. The quantitative estimate of drug-likeness (QED) is 0.611. The average Bonchev–Trinajstić information content (AvgIpc) is 2.18. The smallest absolute Gasteiger partial charge is 0.287 e. The largest absolute Gasteiger partial charge is 0.365 e. The Morgan fingerprint density at radius 2 is 2.20 bits per heavy atom. The molecule has 1 aromatic heterocycles. The van der Waals surface area contributed by atoms with E-state index in [9.17, 15) is 10.1 Å². The van der Waals surface area contributed by atoms with Gasteiger partial charge >= 0.3 is 0 Å². The fourth-order valence-corrected chi connectivity index (χ4v) is 1.00. The average molecular weight is 209 g/mol. The number of rotatable bonds is 4. The lowest BCUT2D eigenvalue weighted by molar-refractivity contribution is -0.385. The molecular weight excluding hydrogens is 194 g/mol. The van der Waals surface area contributed by atoms with Crippen molar-refractivity contribution in [1.29, 1.82) is 0 Å². The van der Waals surface area contributed by atoms with E-state index < -0.39 is 4.92 Å². The molecule has 82 valence electrons. The first-order valence-corrected chi connectivity index (χ1v) is 4.83. The lowest BCUT2D eigenvalue weighted by Gasteiger charge is -2.24. The van der Waals surface area contributed by atoms with Crippen molar-refractivity contribution >= 4 is 11.5 Å². The molecule has 0 fully saturated rings. The molecule has 5 nitrogen and oxygen atoms in total. The second-order valence-corrected chi connectivity index (χ2v) is 4.02. The van der Waals surface area contributed by atoms with Crippen LogP contribution >= 0.6 is 0 Å². The molecule has 0 saturated carbocycles. The van der Waals surface area contributed by atoms with Gasteiger partial charge in [0.1, 0.15) is 12.0 Å². The minimum absolute atomic E-state index is 0.00912. The summed E-state index contributed by atoms with van der Waals surface area (Å²) in [6.45, 7) is 6.17. The van der Waals surface area contributed by atoms with Crippen molar-refractivity contribution in [2.45, 2.75) is 32.7 Å². The Bertz CT molecular complexity index is 346. The highest BCUT2D eigenvalue weighted by molar-refractivity contribution is 5.41. The SMILES string of the molecule is CCC(C)(C)Nc1ccc([N+](=O)[O-])cn1. The normalized spacial score (nSPS) is 11.1. The number of aromatic nitrogens is 1. The predicted octanol–water partition coefficient (Wildman–Crippen LogP) is 2.59. The van der Waals surface area contributed by atoms with Crippen LogP contribution in [0.1, 0.15) is 27.2 Å². The van der Waals surface area contributed by atoms with Gasteiger partial charge in [-0.1, -0.05) is 6.92 Å². The summed E-state index contributed by atoms with van der Waals surface area (Å²) in [7, 11) is 0. The maximum Gasteiger partial charge on any atom is 0.287 e. The van der Waals surface area contributed by atoms with Crippen molar-refractivity contribution in [3.8, 4) is 0 Å². The van der Waals surface area contributed by atoms with Gasteiger partial charge in [0.05, 0.1) is 4.92 Å². The highest BCUT2D eigenvalue weighted by Crippen LogP contribution is 2.17. The van der Waals surface area contributed by atoms with Crippen LogP contribution in [0.2, 0.25) is 0 Å². The monoisotopic (exact) mass is 209 g/mol. The van der Waals surface area contributed by atoms with Gasteiger partial charge < -0.3 is 5.32 Å². The Labute approximate surface area is 88.7 Å². The molecule has 0 amide bonds. The van der Waals surface area contributed by atoms with Crippen molar-refractivity contribution in [2.24, 2.45) is 0 Å². The molecule has 1 rings (SSSR count). The van der Waals surface area contributed by atoms with Crippen molar-refractivity contribution in [3.05, 3.63) is 28.4 Å². The van der Waals surface area contributed by atoms with Crippen LogP contribution in [0, 0.1) is 10.1 Å². The van der Waals surface area contributed by atoms with Crippen LogP contribution in [0.25, 0.3) is 0 Å². The van der Waals surface area contributed by atoms with Crippen LogP contribution in [0.3, 0.4) is 0 Å². The zero-order chi connectivity index (χ0) is 11.5. The van der Waals surface area contributed by atoms with Gasteiger partial charge in [0.15, 0.2) is 0 Å². The molecule has 5 heteroatoms. The number of nitrogens with one attached hydrogen (secondary N) is 1. The van der Waals surface area contributed by atoms with E-state index in [-0.39, 0.29) is 11.2 Å². The molecule has 0 spiro atoms. The molecule has 0 atom stereocenters. The van der Waals surface area contributed by atoms with Gasteiger partial charge in [0.2, 0.25) is 0 Å². The lowest BCUT2D eigenvalue weighted by atomic mass is 10.0. The molecular formula is C10H15N3O2. The van der Waals surface area contributed by atoms with Crippen LogP contribution in [0.15, 0.2) is 18.3 Å². The Morgan fingerprint density at radius 1 is 1.53 bits per heavy atom. The molecule has 0 bridgehead atoms. The van der Waals surface area contributed by atoms with E-state index in [1.165, 1.54) is 12.3 Å². The fraction of sp³-hybridized carbons (Fsp3) is 0.500. The van der Waals surface area contributed by atoms with Gasteiger partial charge in [-0.3, -0.25) is 10.1 Å². The third-order valence-corrected chi connectivity index (χ3v) is 2.31. The first kappa shape index (κ1) is 11.4. The van der Waals surface area contributed by atoms with E-state index in [1.54, 1.807) is 6.07 Å². The summed E-state index contributed by atoms with van der Waals surface area (Å²) in [4.78, 5) is 13.9. The zero-order valence-electron chi connectivity index (χ0n) is 9.15. The molecule has 1 heterocycles. The van der Waals surface area contributed by atoms with Crippen LogP contribution in [0.5, 0.6) is 0 Å². The standard InChI is InChI=1S/C10H15N3O2/c1-4-10(2,3)12-9-6-5-8(7-11-9)13(14)15/h5-7H,4H2,1-3H3,(H,11,12). The summed E-state index contributed by atoms with van der Waals surface area (Å²) in [5.74, 6) is 0.660. The number of nitrogens with zero attached hydrogens (tertiary/aromatic N) is 2. The van der Waals surface area contributed by atoms with Crippen LogP contribution in [-0.4, -0.2) is 15.4 Å². The topological polar surface area (TPSA) is 68.1 Å². The number of nitro groups is 1. The van der Waals surface area contributed by atoms with E-state index in [1.807, 2.05) is 0 Å².